The van der Waals surface area contributed by atoms with Gasteiger partial charge in [-0.2, -0.15) is 13.2 Å². The number of benzene rings is 2. The van der Waals surface area contributed by atoms with E-state index in [1.54, 1.807) is 18.2 Å². The molecule has 0 radical (unpaired) electrons. The summed E-state index contributed by atoms with van der Waals surface area (Å²) < 4.78 is 37.9. The molecule has 0 fully saturated rings. The molecule has 0 atom stereocenters. The first kappa shape index (κ1) is 15.9. The van der Waals surface area contributed by atoms with E-state index in [0.29, 0.717) is 10.6 Å². The minimum absolute atomic E-state index is 0.0131. The molecule has 0 aromatic heterocycles. The fourth-order valence-electron chi connectivity index (χ4n) is 1.83. The summed E-state index contributed by atoms with van der Waals surface area (Å²) in [5.41, 5.74) is -0.391. The topological polar surface area (TPSA) is 17.1 Å². The second-order valence-electron chi connectivity index (χ2n) is 4.39. The van der Waals surface area contributed by atoms with Gasteiger partial charge < -0.3 is 0 Å². The number of alkyl halides is 3. The van der Waals surface area contributed by atoms with Crippen LogP contribution in [0.2, 0.25) is 10.0 Å². The molecule has 0 aliphatic carbocycles. The predicted molar refractivity (Wildman–Crippen MR) is 75.9 cm³/mol. The van der Waals surface area contributed by atoms with Crippen molar-refractivity contribution in [2.75, 3.05) is 0 Å². The Morgan fingerprint density at radius 3 is 2.38 bits per heavy atom. The van der Waals surface area contributed by atoms with Crippen LogP contribution >= 0.6 is 23.2 Å². The molecule has 0 spiro atoms. The van der Waals surface area contributed by atoms with Crippen LogP contribution in [0.5, 0.6) is 0 Å². The number of carbonyl (C=O) groups excluding carboxylic acids is 1. The van der Waals surface area contributed by atoms with Crippen LogP contribution in [-0.2, 0) is 12.6 Å². The number of Topliss-reactive ketones (excluding diaryl/α,β-unsaturated/α-hetero) is 1. The maximum atomic E-state index is 12.6. The average molecular weight is 333 g/mol. The van der Waals surface area contributed by atoms with Crippen LogP contribution in [-0.4, -0.2) is 5.78 Å². The van der Waals surface area contributed by atoms with Crippen molar-refractivity contribution in [1.82, 2.24) is 0 Å². The minimum atomic E-state index is -4.48. The summed E-state index contributed by atoms with van der Waals surface area (Å²) in [5.74, 6) is -0.453. The summed E-state index contributed by atoms with van der Waals surface area (Å²) in [6.45, 7) is 0. The van der Waals surface area contributed by atoms with Crippen molar-refractivity contribution in [2.45, 2.75) is 12.6 Å². The second-order valence-corrected chi connectivity index (χ2v) is 5.18. The highest BCUT2D eigenvalue weighted by molar-refractivity contribution is 6.42. The lowest BCUT2D eigenvalue weighted by atomic mass is 10.0. The van der Waals surface area contributed by atoms with E-state index in [1.165, 1.54) is 12.1 Å². The maximum Gasteiger partial charge on any atom is 0.416 e. The van der Waals surface area contributed by atoms with Crippen molar-refractivity contribution in [3.05, 3.63) is 69.2 Å². The monoisotopic (exact) mass is 332 g/mol. The van der Waals surface area contributed by atoms with Gasteiger partial charge in [0.1, 0.15) is 0 Å². The standard InChI is InChI=1S/C15H9Cl2F3O/c16-12-6-2-4-10(14(12)17)8-13(21)9-3-1-5-11(7-9)15(18,19)20/h1-7H,8H2. The lowest BCUT2D eigenvalue weighted by Crippen LogP contribution is -2.09. The molecule has 0 saturated heterocycles. The van der Waals surface area contributed by atoms with Crippen LogP contribution in [0.15, 0.2) is 42.5 Å². The van der Waals surface area contributed by atoms with E-state index in [2.05, 4.69) is 0 Å². The summed E-state index contributed by atoms with van der Waals surface area (Å²) >= 11 is 11.8. The SMILES string of the molecule is O=C(Cc1cccc(Cl)c1Cl)c1cccc(C(F)(F)F)c1. The Morgan fingerprint density at radius 2 is 1.71 bits per heavy atom. The number of hydrogen-bond acceptors (Lipinski definition) is 1. The highest BCUT2D eigenvalue weighted by Gasteiger charge is 2.30. The smallest absolute Gasteiger partial charge is 0.294 e. The van der Waals surface area contributed by atoms with E-state index in [1.807, 2.05) is 0 Å². The lowest BCUT2D eigenvalue weighted by Gasteiger charge is -2.09. The van der Waals surface area contributed by atoms with E-state index in [0.717, 1.165) is 12.1 Å². The van der Waals surface area contributed by atoms with E-state index in [-0.39, 0.29) is 17.0 Å². The summed E-state index contributed by atoms with van der Waals surface area (Å²) in [5, 5.41) is 0.533. The molecule has 0 heterocycles. The summed E-state index contributed by atoms with van der Waals surface area (Å²) in [6, 6.07) is 9.11. The average Bonchev–Trinajstić information content (AvgIpc) is 2.43. The Balaban J connectivity index is 2.27. The van der Waals surface area contributed by atoms with Crippen LogP contribution in [0.3, 0.4) is 0 Å². The molecule has 2 rings (SSSR count). The van der Waals surface area contributed by atoms with Crippen LogP contribution in [0.25, 0.3) is 0 Å². The molecule has 0 N–H and O–H groups in total. The molecule has 2 aromatic rings. The molecular formula is C15H9Cl2F3O. The number of rotatable bonds is 3. The molecule has 2 aromatic carbocycles. The van der Waals surface area contributed by atoms with Crippen LogP contribution < -0.4 is 0 Å². The predicted octanol–water partition coefficient (Wildman–Crippen LogP) is 5.44. The van der Waals surface area contributed by atoms with Gasteiger partial charge in [0, 0.05) is 12.0 Å². The first-order chi connectivity index (χ1) is 9.79. The third kappa shape index (κ3) is 3.77. The van der Waals surface area contributed by atoms with Gasteiger partial charge >= 0.3 is 6.18 Å². The Morgan fingerprint density at radius 1 is 1.05 bits per heavy atom. The Labute approximate surface area is 129 Å². The second kappa shape index (κ2) is 6.08. The van der Waals surface area contributed by atoms with Crippen molar-refractivity contribution < 1.29 is 18.0 Å². The largest absolute Gasteiger partial charge is 0.416 e. The number of hydrogen-bond donors (Lipinski definition) is 0. The van der Waals surface area contributed by atoms with Gasteiger partial charge in [-0.05, 0) is 23.8 Å². The fraction of sp³-hybridized carbons (Fsp3) is 0.133. The Kier molecular flexibility index (Phi) is 4.59. The van der Waals surface area contributed by atoms with Gasteiger partial charge in [-0.15, -0.1) is 0 Å². The Bertz CT molecular complexity index is 681. The molecule has 110 valence electrons. The van der Waals surface area contributed by atoms with Crippen LogP contribution in [0, 0.1) is 0 Å². The van der Waals surface area contributed by atoms with E-state index >= 15 is 0 Å². The number of ketones is 1. The third-order valence-electron chi connectivity index (χ3n) is 2.89. The van der Waals surface area contributed by atoms with E-state index < -0.39 is 17.5 Å². The zero-order chi connectivity index (χ0) is 15.6. The van der Waals surface area contributed by atoms with Gasteiger partial charge in [-0.3, -0.25) is 4.79 Å². The molecule has 21 heavy (non-hydrogen) atoms. The third-order valence-corrected chi connectivity index (χ3v) is 3.75. The molecule has 0 aliphatic heterocycles. The van der Waals surface area contributed by atoms with Crippen LogP contribution in [0.1, 0.15) is 21.5 Å². The quantitative estimate of drug-likeness (QED) is 0.684. The van der Waals surface area contributed by atoms with Crippen molar-refractivity contribution in [3.63, 3.8) is 0 Å². The van der Waals surface area contributed by atoms with Crippen molar-refractivity contribution >= 4 is 29.0 Å². The zero-order valence-corrected chi connectivity index (χ0v) is 12.1. The van der Waals surface area contributed by atoms with Gasteiger partial charge in [0.2, 0.25) is 0 Å². The summed E-state index contributed by atoms with van der Waals surface area (Å²) in [4.78, 5) is 12.1. The molecule has 0 aliphatic rings. The van der Waals surface area contributed by atoms with E-state index in [9.17, 15) is 18.0 Å². The highest BCUT2D eigenvalue weighted by Crippen LogP contribution is 2.30. The highest BCUT2D eigenvalue weighted by atomic mass is 35.5. The normalized spacial score (nSPS) is 11.5. The van der Waals surface area contributed by atoms with Gasteiger partial charge in [-0.25, -0.2) is 0 Å². The maximum absolute atomic E-state index is 12.6. The van der Waals surface area contributed by atoms with Gasteiger partial charge in [0.25, 0.3) is 0 Å². The van der Waals surface area contributed by atoms with E-state index in [4.69, 9.17) is 23.2 Å². The summed E-state index contributed by atoms with van der Waals surface area (Å²) in [7, 11) is 0. The molecule has 0 saturated carbocycles. The first-order valence-corrected chi connectivity index (χ1v) is 6.68. The Hall–Kier alpha value is -1.52. The van der Waals surface area contributed by atoms with Crippen molar-refractivity contribution in [3.8, 4) is 0 Å². The van der Waals surface area contributed by atoms with Gasteiger partial charge in [0.15, 0.2) is 5.78 Å². The first-order valence-electron chi connectivity index (χ1n) is 5.92. The molecule has 6 heteroatoms. The van der Waals surface area contributed by atoms with Crippen molar-refractivity contribution in [2.24, 2.45) is 0 Å². The zero-order valence-electron chi connectivity index (χ0n) is 10.5. The summed E-state index contributed by atoms with van der Waals surface area (Å²) in [6.07, 6.45) is -4.59. The minimum Gasteiger partial charge on any atom is -0.294 e. The fourth-order valence-corrected chi connectivity index (χ4v) is 2.22. The molecule has 1 nitrogen and oxygen atoms in total. The molecule has 0 unspecified atom stereocenters. The molecule has 0 amide bonds. The molecule has 0 bridgehead atoms. The number of carbonyl (C=O) groups is 1. The number of halogens is 5. The molecular weight excluding hydrogens is 324 g/mol. The lowest BCUT2D eigenvalue weighted by molar-refractivity contribution is -0.137. The van der Waals surface area contributed by atoms with Crippen LogP contribution in [0.4, 0.5) is 13.2 Å². The van der Waals surface area contributed by atoms with Gasteiger partial charge in [0.05, 0.1) is 15.6 Å². The van der Waals surface area contributed by atoms with Crippen molar-refractivity contribution in [1.29, 1.82) is 0 Å². The van der Waals surface area contributed by atoms with Gasteiger partial charge in [-0.1, -0.05) is 47.5 Å².